The zero-order chi connectivity index (χ0) is 16.3. The van der Waals surface area contributed by atoms with Crippen molar-refractivity contribution in [1.29, 1.82) is 0 Å². The van der Waals surface area contributed by atoms with E-state index >= 15 is 0 Å². The van der Waals surface area contributed by atoms with Gasteiger partial charge in [-0.25, -0.2) is 21.6 Å². The first-order chi connectivity index (χ1) is 9.61. The monoisotopic (exact) mass is 352 g/mol. The fourth-order valence-electron chi connectivity index (χ4n) is 1.70. The standard InChI is InChI=1S/C12H20N2O4S3/c1-4-9(8-19-2)14-21(17,18)12-7-10(20(3,15)16)5-6-11(12)13/h5-7,9,14H,4,8,13H2,1-3H3. The molecule has 0 spiro atoms. The highest BCUT2D eigenvalue weighted by Gasteiger charge is 2.23. The van der Waals surface area contributed by atoms with Gasteiger partial charge in [0.15, 0.2) is 9.84 Å². The van der Waals surface area contributed by atoms with Gasteiger partial charge in [-0.15, -0.1) is 0 Å². The summed E-state index contributed by atoms with van der Waals surface area (Å²) in [7, 11) is -7.36. The minimum Gasteiger partial charge on any atom is -0.398 e. The molecule has 6 nitrogen and oxygen atoms in total. The second-order valence-electron chi connectivity index (χ2n) is 4.65. The molecular formula is C12H20N2O4S3. The van der Waals surface area contributed by atoms with Crippen LogP contribution in [0, 0.1) is 0 Å². The van der Waals surface area contributed by atoms with Crippen LogP contribution in [0.2, 0.25) is 0 Å². The Morgan fingerprint density at radius 3 is 2.38 bits per heavy atom. The summed E-state index contributed by atoms with van der Waals surface area (Å²) in [6.07, 6.45) is 3.53. The second kappa shape index (κ2) is 6.99. The molecule has 0 heterocycles. The smallest absolute Gasteiger partial charge is 0.242 e. The van der Waals surface area contributed by atoms with Gasteiger partial charge in [0.25, 0.3) is 0 Å². The number of nitrogen functional groups attached to an aromatic ring is 1. The van der Waals surface area contributed by atoms with E-state index < -0.39 is 19.9 Å². The van der Waals surface area contributed by atoms with Gasteiger partial charge in [0.2, 0.25) is 10.0 Å². The Labute approximate surface area is 130 Å². The molecule has 9 heteroatoms. The van der Waals surface area contributed by atoms with Crippen molar-refractivity contribution in [1.82, 2.24) is 4.72 Å². The van der Waals surface area contributed by atoms with E-state index in [2.05, 4.69) is 4.72 Å². The molecule has 0 bridgehead atoms. The van der Waals surface area contributed by atoms with Crippen molar-refractivity contribution in [2.75, 3.05) is 24.0 Å². The molecule has 1 rings (SSSR count). The van der Waals surface area contributed by atoms with E-state index in [9.17, 15) is 16.8 Å². The van der Waals surface area contributed by atoms with Gasteiger partial charge < -0.3 is 5.73 Å². The summed E-state index contributed by atoms with van der Waals surface area (Å²) in [5, 5.41) is 0. The Kier molecular flexibility index (Phi) is 6.09. The topological polar surface area (TPSA) is 106 Å². The van der Waals surface area contributed by atoms with Gasteiger partial charge in [-0.3, -0.25) is 0 Å². The Morgan fingerprint density at radius 1 is 1.29 bits per heavy atom. The van der Waals surface area contributed by atoms with E-state index in [0.29, 0.717) is 12.2 Å². The van der Waals surface area contributed by atoms with E-state index in [1.807, 2.05) is 13.2 Å². The van der Waals surface area contributed by atoms with Gasteiger partial charge in [0, 0.05) is 18.1 Å². The van der Waals surface area contributed by atoms with Crippen LogP contribution in [-0.2, 0) is 19.9 Å². The van der Waals surface area contributed by atoms with Crippen LogP contribution in [0.4, 0.5) is 5.69 Å². The average Bonchev–Trinajstić information content (AvgIpc) is 2.36. The summed E-state index contributed by atoms with van der Waals surface area (Å²) in [6.45, 7) is 1.87. The summed E-state index contributed by atoms with van der Waals surface area (Å²) in [5.74, 6) is 0.626. The van der Waals surface area contributed by atoms with Crippen molar-refractivity contribution in [2.45, 2.75) is 29.2 Å². The molecule has 0 fully saturated rings. The molecule has 1 aromatic carbocycles. The SMILES string of the molecule is CCC(CSC)NS(=O)(=O)c1cc(S(C)(=O)=O)ccc1N. The zero-order valence-corrected chi connectivity index (χ0v) is 14.6. The van der Waals surface area contributed by atoms with Crippen molar-refractivity contribution in [3.8, 4) is 0 Å². The van der Waals surface area contributed by atoms with Gasteiger partial charge >= 0.3 is 0 Å². The largest absolute Gasteiger partial charge is 0.398 e. The van der Waals surface area contributed by atoms with E-state index in [1.54, 1.807) is 0 Å². The number of nitrogens with one attached hydrogen (secondary N) is 1. The number of benzene rings is 1. The summed E-state index contributed by atoms with van der Waals surface area (Å²) < 4.78 is 50.4. The van der Waals surface area contributed by atoms with E-state index in [1.165, 1.54) is 23.9 Å². The lowest BCUT2D eigenvalue weighted by molar-refractivity contribution is 0.558. The predicted molar refractivity (Wildman–Crippen MR) is 86.7 cm³/mol. The Morgan fingerprint density at radius 2 is 1.90 bits per heavy atom. The molecule has 120 valence electrons. The van der Waals surface area contributed by atoms with Crippen LogP contribution >= 0.6 is 11.8 Å². The summed E-state index contributed by atoms with van der Waals surface area (Å²) >= 11 is 1.53. The lowest BCUT2D eigenvalue weighted by atomic mass is 10.3. The lowest BCUT2D eigenvalue weighted by Gasteiger charge is -2.17. The molecule has 0 aromatic heterocycles. The number of nitrogens with two attached hydrogens (primary N) is 1. The number of anilines is 1. The van der Waals surface area contributed by atoms with Crippen molar-refractivity contribution < 1.29 is 16.8 Å². The molecular weight excluding hydrogens is 332 g/mol. The minimum atomic E-state index is -3.86. The fourth-order valence-corrected chi connectivity index (χ4v) is 4.72. The van der Waals surface area contributed by atoms with E-state index in [0.717, 1.165) is 12.3 Å². The molecule has 0 saturated heterocycles. The molecule has 0 radical (unpaired) electrons. The van der Waals surface area contributed by atoms with Gasteiger partial charge in [-0.1, -0.05) is 6.92 Å². The maximum atomic E-state index is 12.4. The molecule has 1 unspecified atom stereocenters. The summed E-state index contributed by atoms with van der Waals surface area (Å²) in [5.41, 5.74) is 5.71. The van der Waals surface area contributed by atoms with Crippen LogP contribution in [0.1, 0.15) is 13.3 Å². The fraction of sp³-hybridized carbons (Fsp3) is 0.500. The molecule has 0 aliphatic carbocycles. The third kappa shape index (κ3) is 4.87. The van der Waals surface area contributed by atoms with Crippen LogP contribution in [0.3, 0.4) is 0 Å². The molecule has 0 aliphatic rings. The highest BCUT2D eigenvalue weighted by Crippen LogP contribution is 2.23. The first-order valence-electron chi connectivity index (χ1n) is 6.22. The number of hydrogen-bond acceptors (Lipinski definition) is 6. The third-order valence-electron chi connectivity index (χ3n) is 2.89. The zero-order valence-electron chi connectivity index (χ0n) is 12.2. The lowest BCUT2D eigenvalue weighted by Crippen LogP contribution is -2.36. The van der Waals surface area contributed by atoms with Crippen LogP contribution in [0.15, 0.2) is 28.0 Å². The van der Waals surface area contributed by atoms with Gasteiger partial charge in [0.1, 0.15) is 4.90 Å². The normalized spacial score (nSPS) is 14.0. The van der Waals surface area contributed by atoms with E-state index in [-0.39, 0.29) is 21.5 Å². The summed E-state index contributed by atoms with van der Waals surface area (Å²) in [6, 6.07) is 3.45. The molecule has 1 aromatic rings. The third-order valence-corrected chi connectivity index (χ3v) is 6.31. The molecule has 3 N–H and O–H groups in total. The Hall–Kier alpha value is -0.770. The predicted octanol–water partition coefficient (Wildman–Crippen LogP) is 1.09. The van der Waals surface area contributed by atoms with Crippen LogP contribution in [-0.4, -0.2) is 41.1 Å². The number of thioether (sulfide) groups is 1. The molecule has 0 amide bonds. The van der Waals surface area contributed by atoms with Gasteiger partial charge in [0.05, 0.1) is 10.6 Å². The maximum absolute atomic E-state index is 12.4. The number of rotatable bonds is 7. The molecule has 21 heavy (non-hydrogen) atoms. The Bertz CT molecular complexity index is 699. The first-order valence-corrected chi connectivity index (χ1v) is 11.0. The highest BCUT2D eigenvalue weighted by molar-refractivity contribution is 7.98. The van der Waals surface area contributed by atoms with Gasteiger partial charge in [-0.2, -0.15) is 11.8 Å². The average molecular weight is 353 g/mol. The molecule has 0 aliphatic heterocycles. The van der Waals surface area contributed by atoms with Crippen LogP contribution in [0.5, 0.6) is 0 Å². The molecule has 1 atom stereocenters. The highest BCUT2D eigenvalue weighted by atomic mass is 32.2. The van der Waals surface area contributed by atoms with Crippen LogP contribution in [0.25, 0.3) is 0 Å². The van der Waals surface area contributed by atoms with Crippen molar-refractivity contribution >= 4 is 37.3 Å². The van der Waals surface area contributed by atoms with Gasteiger partial charge in [-0.05, 0) is 30.9 Å². The number of sulfone groups is 1. The second-order valence-corrected chi connectivity index (χ2v) is 9.26. The number of hydrogen-bond donors (Lipinski definition) is 2. The van der Waals surface area contributed by atoms with Crippen LogP contribution < -0.4 is 10.5 Å². The Balaban J connectivity index is 3.25. The van der Waals surface area contributed by atoms with E-state index in [4.69, 9.17) is 5.73 Å². The quantitative estimate of drug-likeness (QED) is 0.712. The molecule has 0 saturated carbocycles. The van der Waals surface area contributed by atoms with Crippen molar-refractivity contribution in [2.24, 2.45) is 0 Å². The first kappa shape index (κ1) is 18.3. The number of sulfonamides is 1. The van der Waals surface area contributed by atoms with Crippen molar-refractivity contribution in [3.05, 3.63) is 18.2 Å². The minimum absolute atomic E-state index is 0.0221. The van der Waals surface area contributed by atoms with Crippen molar-refractivity contribution in [3.63, 3.8) is 0 Å². The maximum Gasteiger partial charge on any atom is 0.242 e. The summed E-state index contributed by atoms with van der Waals surface area (Å²) in [4.78, 5) is -0.278.